The molecular formula is C13H26N2O4S. The molecule has 0 aliphatic heterocycles. The highest BCUT2D eigenvalue weighted by Gasteiger charge is 2.18. The summed E-state index contributed by atoms with van der Waals surface area (Å²) in [6.45, 7) is 11.4. The Bertz CT molecular complexity index is 418. The topological polar surface area (TPSA) is 84.5 Å². The summed E-state index contributed by atoms with van der Waals surface area (Å²) in [4.78, 5) is 11.4. The first-order chi connectivity index (χ1) is 9.16. The highest BCUT2D eigenvalue weighted by molar-refractivity contribution is 7.89. The van der Waals surface area contributed by atoms with Crippen LogP contribution in [0.25, 0.3) is 0 Å². The monoisotopic (exact) mass is 306 g/mol. The lowest BCUT2D eigenvalue weighted by atomic mass is 10.0. The molecule has 0 aromatic carbocycles. The van der Waals surface area contributed by atoms with Gasteiger partial charge in [0.1, 0.15) is 0 Å². The summed E-state index contributed by atoms with van der Waals surface area (Å²) in [6.07, 6.45) is 0.131. The standard InChI is InChI=1S/C13H26N2O4S/c1-6-19-13(16)15-12(7-10(2)3)8-14-20(17,18)9-11(4)5/h10,12,14H,4,6-9H2,1-3,5H3,(H,15,16)/t12-/m1/s1. The van der Waals surface area contributed by atoms with Crippen molar-refractivity contribution in [2.75, 3.05) is 18.9 Å². The van der Waals surface area contributed by atoms with E-state index < -0.39 is 16.1 Å². The van der Waals surface area contributed by atoms with Gasteiger partial charge in [-0.3, -0.25) is 0 Å². The van der Waals surface area contributed by atoms with Crippen LogP contribution >= 0.6 is 0 Å². The molecule has 0 spiro atoms. The summed E-state index contributed by atoms with van der Waals surface area (Å²) in [5.41, 5.74) is 0.566. The largest absolute Gasteiger partial charge is 0.450 e. The Morgan fingerprint density at radius 1 is 1.35 bits per heavy atom. The molecule has 1 amide bonds. The highest BCUT2D eigenvalue weighted by atomic mass is 32.2. The van der Waals surface area contributed by atoms with Crippen molar-refractivity contribution in [2.45, 2.75) is 40.2 Å². The molecule has 0 bridgehead atoms. The smallest absolute Gasteiger partial charge is 0.407 e. The van der Waals surface area contributed by atoms with E-state index in [-0.39, 0.29) is 24.9 Å². The van der Waals surface area contributed by atoms with Crippen LogP contribution in [0.15, 0.2) is 12.2 Å². The van der Waals surface area contributed by atoms with Gasteiger partial charge in [0, 0.05) is 12.6 Å². The number of ether oxygens (including phenoxy) is 1. The van der Waals surface area contributed by atoms with Gasteiger partial charge in [0.15, 0.2) is 0 Å². The number of carbonyl (C=O) groups excluding carboxylic acids is 1. The van der Waals surface area contributed by atoms with Gasteiger partial charge in [-0.15, -0.1) is 0 Å². The molecule has 0 radical (unpaired) electrons. The first-order valence-electron chi connectivity index (χ1n) is 6.71. The van der Waals surface area contributed by atoms with Crippen LogP contribution in [0.2, 0.25) is 0 Å². The zero-order chi connectivity index (χ0) is 15.8. The number of hydrogen-bond donors (Lipinski definition) is 2. The Balaban J connectivity index is 4.50. The van der Waals surface area contributed by atoms with Crippen molar-refractivity contribution in [3.63, 3.8) is 0 Å². The molecular weight excluding hydrogens is 280 g/mol. The third-order valence-corrected chi connectivity index (χ3v) is 3.82. The number of nitrogens with one attached hydrogen (secondary N) is 2. The molecule has 2 N–H and O–H groups in total. The normalized spacial score (nSPS) is 13.1. The van der Waals surface area contributed by atoms with Crippen LogP contribution in [0.5, 0.6) is 0 Å². The average Bonchev–Trinajstić information content (AvgIpc) is 2.23. The molecule has 0 saturated heterocycles. The number of hydrogen-bond acceptors (Lipinski definition) is 4. The zero-order valence-electron chi connectivity index (χ0n) is 12.7. The predicted molar refractivity (Wildman–Crippen MR) is 80.0 cm³/mol. The van der Waals surface area contributed by atoms with Crippen LogP contribution in [0.4, 0.5) is 4.79 Å². The van der Waals surface area contributed by atoms with Gasteiger partial charge < -0.3 is 10.1 Å². The molecule has 0 aromatic heterocycles. The Morgan fingerprint density at radius 3 is 2.40 bits per heavy atom. The lowest BCUT2D eigenvalue weighted by molar-refractivity contribution is 0.146. The third-order valence-electron chi connectivity index (χ3n) is 2.34. The molecule has 1 atom stereocenters. The fourth-order valence-electron chi connectivity index (χ4n) is 1.70. The number of amides is 1. The van der Waals surface area contributed by atoms with Crippen LogP contribution in [0, 0.1) is 5.92 Å². The molecule has 0 fully saturated rings. The second kappa shape index (κ2) is 8.97. The molecule has 0 heterocycles. The average molecular weight is 306 g/mol. The molecule has 6 nitrogen and oxygen atoms in total. The van der Waals surface area contributed by atoms with Gasteiger partial charge in [-0.1, -0.05) is 26.0 Å². The van der Waals surface area contributed by atoms with Gasteiger partial charge in [0.05, 0.1) is 12.4 Å². The maximum absolute atomic E-state index is 11.7. The molecule has 0 saturated carbocycles. The maximum Gasteiger partial charge on any atom is 0.407 e. The van der Waals surface area contributed by atoms with E-state index in [0.717, 1.165) is 0 Å². The number of rotatable bonds is 9. The lowest BCUT2D eigenvalue weighted by Gasteiger charge is -2.20. The van der Waals surface area contributed by atoms with E-state index in [1.54, 1.807) is 13.8 Å². The van der Waals surface area contributed by atoms with Gasteiger partial charge in [0.25, 0.3) is 0 Å². The fourth-order valence-corrected chi connectivity index (χ4v) is 2.91. The Kier molecular flexibility index (Phi) is 8.48. The Labute approximate surface area is 122 Å². The fraction of sp³-hybridized carbons (Fsp3) is 0.769. The van der Waals surface area contributed by atoms with Crippen molar-refractivity contribution in [1.82, 2.24) is 10.0 Å². The van der Waals surface area contributed by atoms with Gasteiger partial charge in [-0.25, -0.2) is 17.9 Å². The van der Waals surface area contributed by atoms with Gasteiger partial charge in [-0.2, -0.15) is 0 Å². The number of carbonyl (C=O) groups is 1. The van der Waals surface area contributed by atoms with E-state index in [9.17, 15) is 13.2 Å². The number of sulfonamides is 1. The Morgan fingerprint density at radius 2 is 1.95 bits per heavy atom. The summed E-state index contributed by atoms with van der Waals surface area (Å²) < 4.78 is 30.7. The van der Waals surface area contributed by atoms with E-state index >= 15 is 0 Å². The van der Waals surface area contributed by atoms with E-state index in [2.05, 4.69) is 16.6 Å². The summed E-state index contributed by atoms with van der Waals surface area (Å²) in [5, 5.41) is 2.66. The molecule has 20 heavy (non-hydrogen) atoms. The molecule has 0 unspecified atom stereocenters. The Hall–Kier alpha value is -1.08. The van der Waals surface area contributed by atoms with Crippen molar-refractivity contribution in [1.29, 1.82) is 0 Å². The van der Waals surface area contributed by atoms with E-state index in [0.29, 0.717) is 17.9 Å². The summed E-state index contributed by atoms with van der Waals surface area (Å²) >= 11 is 0. The molecule has 0 aromatic rings. The quantitative estimate of drug-likeness (QED) is 0.634. The molecule has 0 rings (SSSR count). The van der Waals surface area contributed by atoms with Gasteiger partial charge in [0.2, 0.25) is 10.0 Å². The second-order valence-electron chi connectivity index (χ2n) is 5.26. The van der Waals surface area contributed by atoms with Crippen molar-refractivity contribution in [2.24, 2.45) is 5.92 Å². The van der Waals surface area contributed by atoms with E-state index in [1.807, 2.05) is 13.8 Å². The minimum Gasteiger partial charge on any atom is -0.450 e. The van der Waals surface area contributed by atoms with Crippen LogP contribution < -0.4 is 10.0 Å². The first-order valence-corrected chi connectivity index (χ1v) is 8.36. The minimum atomic E-state index is -3.40. The van der Waals surface area contributed by atoms with Crippen LogP contribution in [-0.2, 0) is 14.8 Å². The van der Waals surface area contributed by atoms with Gasteiger partial charge in [-0.05, 0) is 26.2 Å². The molecule has 0 aliphatic carbocycles. The summed E-state index contributed by atoms with van der Waals surface area (Å²) in [7, 11) is -3.40. The van der Waals surface area contributed by atoms with Gasteiger partial charge >= 0.3 is 6.09 Å². The van der Waals surface area contributed by atoms with Crippen molar-refractivity contribution in [3.05, 3.63) is 12.2 Å². The second-order valence-corrected chi connectivity index (χ2v) is 7.06. The highest BCUT2D eigenvalue weighted by Crippen LogP contribution is 2.05. The minimum absolute atomic E-state index is 0.110. The molecule has 118 valence electrons. The predicted octanol–water partition coefficient (Wildman–Crippen LogP) is 1.64. The van der Waals surface area contributed by atoms with Crippen molar-refractivity contribution < 1.29 is 17.9 Å². The lowest BCUT2D eigenvalue weighted by Crippen LogP contribution is -2.45. The van der Waals surface area contributed by atoms with Crippen molar-refractivity contribution in [3.8, 4) is 0 Å². The number of alkyl carbamates (subject to hydrolysis) is 1. The summed E-state index contributed by atoms with van der Waals surface area (Å²) in [5.74, 6) is 0.216. The van der Waals surface area contributed by atoms with Crippen LogP contribution in [0.3, 0.4) is 0 Å². The zero-order valence-corrected chi connectivity index (χ0v) is 13.5. The first kappa shape index (κ1) is 18.9. The third kappa shape index (κ3) is 9.80. The molecule has 0 aliphatic rings. The van der Waals surface area contributed by atoms with Crippen LogP contribution in [0.1, 0.15) is 34.1 Å². The van der Waals surface area contributed by atoms with Crippen molar-refractivity contribution >= 4 is 16.1 Å². The van der Waals surface area contributed by atoms with E-state index in [4.69, 9.17) is 4.74 Å². The van der Waals surface area contributed by atoms with Crippen LogP contribution in [-0.4, -0.2) is 39.5 Å². The van der Waals surface area contributed by atoms with E-state index in [1.165, 1.54) is 0 Å². The molecule has 7 heteroatoms. The summed E-state index contributed by atoms with van der Waals surface area (Å²) in [6, 6.07) is -0.297. The maximum atomic E-state index is 11.7. The SMILES string of the molecule is C=C(C)CS(=O)(=O)NC[C@@H](CC(C)C)NC(=O)OCC.